The topological polar surface area (TPSA) is 57.5 Å². The van der Waals surface area contributed by atoms with Crippen molar-refractivity contribution in [3.8, 4) is 11.5 Å². The van der Waals surface area contributed by atoms with Crippen molar-refractivity contribution < 1.29 is 15.0 Å². The normalized spacial score (nSPS) is 10.8. The van der Waals surface area contributed by atoms with E-state index in [1.807, 2.05) is 12.1 Å². The van der Waals surface area contributed by atoms with Gasteiger partial charge in [0.25, 0.3) is 0 Å². The Morgan fingerprint density at radius 3 is 2.29 bits per heavy atom. The third-order valence-corrected chi connectivity index (χ3v) is 4.23. The maximum absolute atomic E-state index is 12.0. The molecule has 0 unspecified atom stereocenters. The van der Waals surface area contributed by atoms with Gasteiger partial charge in [0, 0.05) is 10.5 Å². The first-order valence-corrected chi connectivity index (χ1v) is 7.74. The third-order valence-electron chi connectivity index (χ3n) is 3.21. The third kappa shape index (κ3) is 4.02. The summed E-state index contributed by atoms with van der Waals surface area (Å²) in [6, 6.07) is 12.3. The minimum Gasteiger partial charge on any atom is -0.504 e. The summed E-state index contributed by atoms with van der Waals surface area (Å²) < 4.78 is 0. The molecule has 0 fully saturated rings. The second-order valence-corrected chi connectivity index (χ2v) is 6.19. The number of thioether (sulfide) groups is 1. The Labute approximate surface area is 128 Å². The van der Waals surface area contributed by atoms with Crippen molar-refractivity contribution in [2.24, 2.45) is 0 Å². The van der Waals surface area contributed by atoms with E-state index in [1.165, 1.54) is 35.5 Å². The van der Waals surface area contributed by atoms with Gasteiger partial charge < -0.3 is 10.2 Å². The second kappa shape index (κ2) is 6.68. The average Bonchev–Trinajstić information content (AvgIpc) is 2.48. The number of benzene rings is 2. The highest BCUT2D eigenvalue weighted by Gasteiger charge is 2.09. The molecule has 0 amide bonds. The van der Waals surface area contributed by atoms with E-state index in [2.05, 4.69) is 26.0 Å². The summed E-state index contributed by atoms with van der Waals surface area (Å²) in [7, 11) is 0. The molecule has 0 spiro atoms. The maximum Gasteiger partial charge on any atom is 0.173 e. The largest absolute Gasteiger partial charge is 0.504 e. The molecule has 0 saturated heterocycles. The van der Waals surface area contributed by atoms with Crippen LogP contribution in [0, 0.1) is 0 Å². The second-order valence-electron chi connectivity index (χ2n) is 5.14. The van der Waals surface area contributed by atoms with Gasteiger partial charge in [-0.3, -0.25) is 4.79 Å². The molecule has 4 heteroatoms. The molecule has 0 aliphatic rings. The predicted molar refractivity (Wildman–Crippen MR) is 85.4 cm³/mol. The number of hydrogen-bond acceptors (Lipinski definition) is 4. The maximum atomic E-state index is 12.0. The SMILES string of the molecule is CC(C)c1ccc(SCC(=O)c2ccc(O)c(O)c2)cc1. The minimum atomic E-state index is -0.271. The molecule has 0 atom stereocenters. The average molecular weight is 302 g/mol. The van der Waals surface area contributed by atoms with Crippen LogP contribution in [0.4, 0.5) is 0 Å². The zero-order valence-electron chi connectivity index (χ0n) is 12.0. The van der Waals surface area contributed by atoms with Crippen LogP contribution < -0.4 is 0 Å². The van der Waals surface area contributed by atoms with Crippen molar-refractivity contribution in [1.29, 1.82) is 0 Å². The smallest absolute Gasteiger partial charge is 0.173 e. The Morgan fingerprint density at radius 2 is 1.71 bits per heavy atom. The molecule has 0 radical (unpaired) electrons. The van der Waals surface area contributed by atoms with E-state index in [1.54, 1.807) is 0 Å². The van der Waals surface area contributed by atoms with Crippen molar-refractivity contribution >= 4 is 17.5 Å². The van der Waals surface area contributed by atoms with E-state index in [0.29, 0.717) is 17.2 Å². The Bertz CT molecular complexity index is 633. The number of Topliss-reactive ketones (excluding diaryl/α,β-unsaturated/α-hetero) is 1. The molecule has 2 N–H and O–H groups in total. The minimum absolute atomic E-state index is 0.0803. The van der Waals surface area contributed by atoms with Crippen molar-refractivity contribution in [3.05, 3.63) is 53.6 Å². The molecular weight excluding hydrogens is 284 g/mol. The standard InChI is InChI=1S/C17H18O3S/c1-11(2)12-3-6-14(7-4-12)21-10-17(20)13-5-8-15(18)16(19)9-13/h3-9,11,18-19H,10H2,1-2H3. The van der Waals surface area contributed by atoms with Gasteiger partial charge >= 0.3 is 0 Å². The van der Waals surface area contributed by atoms with Crippen LogP contribution in [0.5, 0.6) is 11.5 Å². The summed E-state index contributed by atoms with van der Waals surface area (Å²) in [5.74, 6) is 0.218. The van der Waals surface area contributed by atoms with Gasteiger partial charge in [-0.15, -0.1) is 11.8 Å². The van der Waals surface area contributed by atoms with E-state index in [4.69, 9.17) is 0 Å². The van der Waals surface area contributed by atoms with Gasteiger partial charge in [0.1, 0.15) is 0 Å². The first kappa shape index (κ1) is 15.4. The van der Waals surface area contributed by atoms with E-state index in [9.17, 15) is 15.0 Å². The van der Waals surface area contributed by atoms with Crippen molar-refractivity contribution in [2.75, 3.05) is 5.75 Å². The van der Waals surface area contributed by atoms with Crippen LogP contribution in [0.15, 0.2) is 47.4 Å². The summed E-state index contributed by atoms with van der Waals surface area (Å²) in [6.45, 7) is 4.28. The molecule has 0 aromatic heterocycles. The van der Waals surface area contributed by atoms with Gasteiger partial charge in [-0.25, -0.2) is 0 Å². The lowest BCUT2D eigenvalue weighted by Gasteiger charge is -2.07. The molecule has 2 rings (SSSR count). The molecule has 110 valence electrons. The van der Waals surface area contributed by atoms with Crippen LogP contribution >= 0.6 is 11.8 Å². The Morgan fingerprint density at radius 1 is 1.05 bits per heavy atom. The fraction of sp³-hybridized carbons (Fsp3) is 0.235. The monoisotopic (exact) mass is 302 g/mol. The first-order valence-electron chi connectivity index (χ1n) is 6.75. The van der Waals surface area contributed by atoms with E-state index >= 15 is 0 Å². The quantitative estimate of drug-likeness (QED) is 0.494. The molecule has 21 heavy (non-hydrogen) atoms. The fourth-order valence-electron chi connectivity index (χ4n) is 1.88. The van der Waals surface area contributed by atoms with E-state index < -0.39 is 0 Å². The number of carbonyl (C=O) groups excluding carboxylic acids is 1. The van der Waals surface area contributed by atoms with Crippen LogP contribution in [0.1, 0.15) is 35.7 Å². The van der Waals surface area contributed by atoms with Gasteiger partial charge in [-0.2, -0.15) is 0 Å². The molecule has 3 nitrogen and oxygen atoms in total. The van der Waals surface area contributed by atoms with Crippen molar-refractivity contribution in [2.45, 2.75) is 24.7 Å². The van der Waals surface area contributed by atoms with Crippen molar-refractivity contribution in [1.82, 2.24) is 0 Å². The molecule has 2 aromatic carbocycles. The lowest BCUT2D eigenvalue weighted by Crippen LogP contribution is -2.02. The van der Waals surface area contributed by atoms with Crippen LogP contribution in [0.3, 0.4) is 0 Å². The van der Waals surface area contributed by atoms with E-state index in [0.717, 1.165) is 4.90 Å². The molecule has 2 aromatic rings. The molecular formula is C17H18O3S. The Hall–Kier alpha value is -1.94. The molecule has 0 bridgehead atoms. The zero-order chi connectivity index (χ0) is 15.4. The van der Waals surface area contributed by atoms with Crippen molar-refractivity contribution in [3.63, 3.8) is 0 Å². The summed E-state index contributed by atoms with van der Waals surface area (Å²) in [5, 5.41) is 18.6. The lowest BCUT2D eigenvalue weighted by molar-refractivity contribution is 0.102. The summed E-state index contributed by atoms with van der Waals surface area (Å²) in [6.07, 6.45) is 0. The first-order chi connectivity index (χ1) is 9.97. The number of ketones is 1. The number of phenols is 2. The molecule has 0 aliphatic heterocycles. The van der Waals surface area contributed by atoms with Gasteiger partial charge in [0.15, 0.2) is 17.3 Å². The van der Waals surface area contributed by atoms with Crippen LogP contribution in [0.2, 0.25) is 0 Å². The fourth-order valence-corrected chi connectivity index (χ4v) is 2.67. The number of aromatic hydroxyl groups is 2. The van der Waals surface area contributed by atoms with Crippen LogP contribution in [-0.4, -0.2) is 21.7 Å². The number of carbonyl (C=O) groups is 1. The summed E-state index contributed by atoms with van der Waals surface area (Å²) in [5.41, 5.74) is 1.67. The summed E-state index contributed by atoms with van der Waals surface area (Å²) >= 11 is 1.46. The Kier molecular flexibility index (Phi) is 4.91. The zero-order valence-corrected chi connectivity index (χ0v) is 12.9. The van der Waals surface area contributed by atoms with Gasteiger partial charge in [-0.05, 0) is 41.8 Å². The van der Waals surface area contributed by atoms with Gasteiger partial charge in [0.2, 0.25) is 0 Å². The van der Waals surface area contributed by atoms with Crippen LogP contribution in [0.25, 0.3) is 0 Å². The summed E-state index contributed by atoms with van der Waals surface area (Å²) in [4.78, 5) is 13.1. The highest BCUT2D eigenvalue weighted by molar-refractivity contribution is 8.00. The molecule has 0 aliphatic carbocycles. The van der Waals surface area contributed by atoms with Gasteiger partial charge in [0.05, 0.1) is 5.75 Å². The van der Waals surface area contributed by atoms with Crippen LogP contribution in [-0.2, 0) is 0 Å². The lowest BCUT2D eigenvalue weighted by atomic mass is 10.0. The molecule has 0 heterocycles. The highest BCUT2D eigenvalue weighted by Crippen LogP contribution is 2.27. The predicted octanol–water partition coefficient (Wildman–Crippen LogP) is 4.20. The number of rotatable bonds is 5. The Balaban J connectivity index is 1.98. The van der Waals surface area contributed by atoms with E-state index in [-0.39, 0.29) is 17.3 Å². The number of hydrogen-bond donors (Lipinski definition) is 2. The molecule has 0 saturated carbocycles. The highest BCUT2D eigenvalue weighted by atomic mass is 32.2. The van der Waals surface area contributed by atoms with Gasteiger partial charge in [-0.1, -0.05) is 26.0 Å². The number of phenolic OH excluding ortho intramolecular Hbond substituents is 2.